The molecule has 5 heteroatoms. The van der Waals surface area contributed by atoms with Crippen LogP contribution in [-0.2, 0) is 19.4 Å². The van der Waals surface area contributed by atoms with Gasteiger partial charge < -0.3 is 10.1 Å². The summed E-state index contributed by atoms with van der Waals surface area (Å²) in [5.74, 6) is 0.890. The summed E-state index contributed by atoms with van der Waals surface area (Å²) >= 11 is 0. The summed E-state index contributed by atoms with van der Waals surface area (Å²) in [4.78, 5) is 6.15. The predicted molar refractivity (Wildman–Crippen MR) is 119 cm³/mol. The van der Waals surface area contributed by atoms with E-state index in [1.165, 1.54) is 22.2 Å². The molecule has 1 unspecified atom stereocenters. The number of phenolic OH excluding ortho intramolecular Hbond substituents is 1. The van der Waals surface area contributed by atoms with Crippen molar-refractivity contribution in [3.63, 3.8) is 0 Å². The Hall–Kier alpha value is -3.05. The largest absolute Gasteiger partial charge is 0.508 e. The number of fused-ring (bicyclic) bond motifs is 3. The second-order valence-electron chi connectivity index (χ2n) is 8.76. The van der Waals surface area contributed by atoms with Gasteiger partial charge in [-0.25, -0.2) is 0 Å². The van der Waals surface area contributed by atoms with Crippen LogP contribution in [0.25, 0.3) is 10.9 Å². The van der Waals surface area contributed by atoms with Crippen molar-refractivity contribution in [3.05, 3.63) is 82.8 Å². The molecule has 2 aromatic carbocycles. The SMILES string of the molecule is CC(C)Cc1cc(CN2CCc3c([nH]c4ccccc34)C2c2cccc(O)c2)[nH]n1. The molecule has 0 fully saturated rings. The number of hydrogen-bond donors (Lipinski definition) is 3. The lowest BCUT2D eigenvalue weighted by Crippen LogP contribution is -2.35. The number of H-pyrrole nitrogens is 2. The van der Waals surface area contributed by atoms with Crippen LogP contribution in [0.3, 0.4) is 0 Å². The number of nitrogens with one attached hydrogen (secondary N) is 2. The number of benzene rings is 2. The number of para-hydroxylation sites is 1. The molecule has 5 nitrogen and oxygen atoms in total. The lowest BCUT2D eigenvalue weighted by molar-refractivity contribution is 0.199. The van der Waals surface area contributed by atoms with Crippen molar-refractivity contribution in [1.82, 2.24) is 20.1 Å². The minimum atomic E-state index is 0.0603. The molecule has 0 aliphatic carbocycles. The van der Waals surface area contributed by atoms with E-state index < -0.39 is 0 Å². The minimum Gasteiger partial charge on any atom is -0.508 e. The predicted octanol–water partition coefficient (Wildman–Crippen LogP) is 4.94. The van der Waals surface area contributed by atoms with Crippen molar-refractivity contribution in [2.75, 3.05) is 6.54 Å². The lowest BCUT2D eigenvalue weighted by Gasteiger charge is -2.36. The quantitative estimate of drug-likeness (QED) is 0.444. The van der Waals surface area contributed by atoms with Crippen molar-refractivity contribution in [2.24, 2.45) is 5.92 Å². The Morgan fingerprint density at radius 3 is 2.83 bits per heavy atom. The van der Waals surface area contributed by atoms with Gasteiger partial charge in [-0.2, -0.15) is 5.10 Å². The number of hydrogen-bond acceptors (Lipinski definition) is 3. The molecule has 154 valence electrons. The first kappa shape index (κ1) is 18.9. The maximum Gasteiger partial charge on any atom is 0.115 e. The molecule has 0 saturated carbocycles. The third-order valence-corrected chi connectivity index (χ3v) is 5.99. The Kier molecular flexibility index (Phi) is 4.83. The van der Waals surface area contributed by atoms with Crippen molar-refractivity contribution in [1.29, 1.82) is 0 Å². The molecule has 0 amide bonds. The number of aromatic nitrogens is 3. The van der Waals surface area contributed by atoms with E-state index >= 15 is 0 Å². The molecule has 0 spiro atoms. The molecular formula is C25H28N4O. The highest BCUT2D eigenvalue weighted by atomic mass is 16.3. The Bertz CT molecular complexity index is 1170. The molecule has 5 rings (SSSR count). The molecule has 30 heavy (non-hydrogen) atoms. The molecule has 0 radical (unpaired) electrons. The Balaban J connectivity index is 1.54. The van der Waals surface area contributed by atoms with Gasteiger partial charge in [-0.1, -0.05) is 44.2 Å². The van der Waals surface area contributed by atoms with Gasteiger partial charge >= 0.3 is 0 Å². The fraction of sp³-hybridized carbons (Fsp3) is 0.320. The first-order chi connectivity index (χ1) is 14.6. The van der Waals surface area contributed by atoms with E-state index in [0.717, 1.165) is 42.9 Å². The average Bonchev–Trinajstić information content (AvgIpc) is 3.31. The molecule has 0 saturated heterocycles. The van der Waals surface area contributed by atoms with Gasteiger partial charge in [0.1, 0.15) is 5.75 Å². The van der Waals surface area contributed by atoms with Crippen molar-refractivity contribution in [3.8, 4) is 5.75 Å². The summed E-state index contributed by atoms with van der Waals surface area (Å²) in [6.45, 7) is 6.18. The third kappa shape index (κ3) is 3.50. The highest BCUT2D eigenvalue weighted by Crippen LogP contribution is 2.39. The zero-order valence-corrected chi connectivity index (χ0v) is 17.5. The first-order valence-corrected chi connectivity index (χ1v) is 10.7. The van der Waals surface area contributed by atoms with Gasteiger partial charge in [0.05, 0.1) is 11.7 Å². The number of aromatic amines is 2. The van der Waals surface area contributed by atoms with Gasteiger partial charge in [0.2, 0.25) is 0 Å². The second kappa shape index (κ2) is 7.65. The summed E-state index contributed by atoms with van der Waals surface area (Å²) in [6, 6.07) is 18.4. The topological polar surface area (TPSA) is 67.9 Å². The van der Waals surface area contributed by atoms with E-state index in [9.17, 15) is 5.11 Å². The molecule has 3 heterocycles. The van der Waals surface area contributed by atoms with Gasteiger partial charge in [0.15, 0.2) is 0 Å². The van der Waals surface area contributed by atoms with Gasteiger partial charge in [0.25, 0.3) is 0 Å². The van der Waals surface area contributed by atoms with Crippen LogP contribution < -0.4 is 0 Å². The van der Waals surface area contributed by atoms with Crippen LogP contribution in [0.5, 0.6) is 5.75 Å². The van der Waals surface area contributed by atoms with Gasteiger partial charge in [-0.15, -0.1) is 0 Å². The number of aromatic hydroxyl groups is 1. The van der Waals surface area contributed by atoms with Crippen molar-refractivity contribution < 1.29 is 5.11 Å². The minimum absolute atomic E-state index is 0.0603. The van der Waals surface area contributed by atoms with E-state index in [1.807, 2.05) is 12.1 Å². The standard InChI is InChI=1S/C25H28N4O/c1-16(2)12-18-14-19(28-27-18)15-29-11-10-22-21-8-3-4-9-23(21)26-24(22)25(29)17-6-5-7-20(30)13-17/h3-9,13-14,16,25-26,30H,10-12,15H2,1-2H3,(H,27,28). The molecule has 1 atom stereocenters. The monoisotopic (exact) mass is 400 g/mol. The number of rotatable bonds is 5. The van der Waals surface area contributed by atoms with Crippen molar-refractivity contribution in [2.45, 2.75) is 39.3 Å². The zero-order valence-electron chi connectivity index (χ0n) is 17.5. The molecule has 0 bridgehead atoms. The van der Waals surface area contributed by atoms with E-state index in [4.69, 9.17) is 0 Å². The van der Waals surface area contributed by atoms with Crippen LogP contribution in [0.1, 0.15) is 48.1 Å². The lowest BCUT2D eigenvalue weighted by atomic mass is 9.92. The second-order valence-corrected chi connectivity index (χ2v) is 8.76. The smallest absolute Gasteiger partial charge is 0.115 e. The van der Waals surface area contributed by atoms with Crippen LogP contribution in [-0.4, -0.2) is 31.7 Å². The Labute approximate surface area is 176 Å². The maximum atomic E-state index is 10.1. The fourth-order valence-electron chi connectivity index (χ4n) is 4.77. The molecule has 1 aliphatic heterocycles. The van der Waals surface area contributed by atoms with Crippen LogP contribution in [0.4, 0.5) is 0 Å². The number of phenols is 1. The Morgan fingerprint density at radius 2 is 2.00 bits per heavy atom. The normalized spacial score (nSPS) is 17.0. The van der Waals surface area contributed by atoms with Crippen LogP contribution in [0, 0.1) is 5.92 Å². The van der Waals surface area contributed by atoms with E-state index in [-0.39, 0.29) is 6.04 Å². The first-order valence-electron chi connectivity index (χ1n) is 10.7. The summed E-state index contributed by atoms with van der Waals surface area (Å²) in [6.07, 6.45) is 1.99. The average molecular weight is 401 g/mol. The van der Waals surface area contributed by atoms with Gasteiger partial charge in [0, 0.05) is 35.4 Å². The highest BCUT2D eigenvalue weighted by Gasteiger charge is 2.32. The molecule has 1 aliphatic rings. The van der Waals surface area contributed by atoms with Crippen LogP contribution >= 0.6 is 0 Å². The van der Waals surface area contributed by atoms with E-state index in [1.54, 1.807) is 6.07 Å². The fourth-order valence-corrected chi connectivity index (χ4v) is 4.77. The van der Waals surface area contributed by atoms with Crippen molar-refractivity contribution >= 4 is 10.9 Å². The van der Waals surface area contributed by atoms with E-state index in [0.29, 0.717) is 11.7 Å². The summed E-state index contributed by atoms with van der Waals surface area (Å²) in [5, 5.41) is 19.2. The summed E-state index contributed by atoms with van der Waals surface area (Å²) in [7, 11) is 0. The summed E-state index contributed by atoms with van der Waals surface area (Å²) in [5.41, 5.74) is 7.16. The maximum absolute atomic E-state index is 10.1. The third-order valence-electron chi connectivity index (χ3n) is 5.99. The number of nitrogens with zero attached hydrogens (tertiary/aromatic N) is 2. The molecule has 2 aromatic heterocycles. The zero-order chi connectivity index (χ0) is 20.7. The van der Waals surface area contributed by atoms with E-state index in [2.05, 4.69) is 70.3 Å². The Morgan fingerprint density at radius 1 is 1.13 bits per heavy atom. The molecule has 3 N–H and O–H groups in total. The van der Waals surface area contributed by atoms with Crippen LogP contribution in [0.2, 0.25) is 0 Å². The summed E-state index contributed by atoms with van der Waals surface area (Å²) < 4.78 is 0. The molecule has 4 aromatic rings. The van der Waals surface area contributed by atoms with Gasteiger partial charge in [-0.05, 0) is 54.2 Å². The highest BCUT2D eigenvalue weighted by molar-refractivity contribution is 5.85. The molecular weight excluding hydrogens is 372 g/mol. The van der Waals surface area contributed by atoms with Gasteiger partial charge in [-0.3, -0.25) is 10.00 Å². The van der Waals surface area contributed by atoms with Crippen LogP contribution in [0.15, 0.2) is 54.6 Å².